The number of aryl methyl sites for hydroxylation is 1. The van der Waals surface area contributed by atoms with Gasteiger partial charge in [0.2, 0.25) is 5.91 Å². The van der Waals surface area contributed by atoms with E-state index in [0.717, 1.165) is 5.56 Å². The van der Waals surface area contributed by atoms with E-state index in [1.165, 1.54) is 0 Å². The molecule has 1 saturated heterocycles. The summed E-state index contributed by atoms with van der Waals surface area (Å²) in [4.78, 5) is 25.7. The minimum atomic E-state index is -0.114. The van der Waals surface area contributed by atoms with Gasteiger partial charge >= 0.3 is 0 Å². The van der Waals surface area contributed by atoms with Crippen molar-refractivity contribution in [3.8, 4) is 0 Å². The van der Waals surface area contributed by atoms with Gasteiger partial charge in [0, 0.05) is 20.1 Å². The summed E-state index contributed by atoms with van der Waals surface area (Å²) < 4.78 is 0. The van der Waals surface area contributed by atoms with E-state index in [4.69, 9.17) is 11.6 Å². The number of rotatable bonds is 2. The summed E-state index contributed by atoms with van der Waals surface area (Å²) in [6.45, 7) is 2.93. The molecule has 2 rings (SSSR count). The molecule has 1 N–H and O–H groups in total. The molecule has 0 saturated carbocycles. The fourth-order valence-electron chi connectivity index (χ4n) is 2.42. The van der Waals surface area contributed by atoms with Gasteiger partial charge in [-0.15, -0.1) is 0 Å². The Hall–Kier alpha value is -1.55. The summed E-state index contributed by atoms with van der Waals surface area (Å²) in [5, 5.41) is 3.09. The van der Waals surface area contributed by atoms with Crippen molar-refractivity contribution in [2.75, 3.05) is 20.1 Å². The van der Waals surface area contributed by atoms with E-state index in [2.05, 4.69) is 5.32 Å². The summed E-state index contributed by atoms with van der Waals surface area (Å²) in [7, 11) is 1.62. The van der Waals surface area contributed by atoms with Crippen molar-refractivity contribution >= 4 is 23.4 Å². The molecule has 0 radical (unpaired) electrons. The second-order valence-corrected chi connectivity index (χ2v) is 5.19. The Bertz CT molecular complexity index is 496. The zero-order chi connectivity index (χ0) is 14.0. The highest BCUT2D eigenvalue weighted by atomic mass is 35.5. The Morgan fingerprint density at radius 2 is 2.16 bits per heavy atom. The lowest BCUT2D eigenvalue weighted by Crippen LogP contribution is -2.33. The van der Waals surface area contributed by atoms with Crippen molar-refractivity contribution in [2.24, 2.45) is 5.92 Å². The maximum atomic E-state index is 12.5. The number of benzene rings is 1. The molecule has 0 aromatic heterocycles. The molecule has 1 heterocycles. The Kier molecular flexibility index (Phi) is 4.10. The molecular weight excluding hydrogens is 264 g/mol. The van der Waals surface area contributed by atoms with Crippen molar-refractivity contribution in [1.29, 1.82) is 0 Å². The molecule has 1 aliphatic heterocycles. The summed E-state index contributed by atoms with van der Waals surface area (Å²) in [5.41, 5.74) is 1.41. The first-order valence-electron chi connectivity index (χ1n) is 6.30. The van der Waals surface area contributed by atoms with Gasteiger partial charge in [-0.25, -0.2) is 0 Å². The van der Waals surface area contributed by atoms with Crippen molar-refractivity contribution in [3.05, 3.63) is 34.3 Å². The molecule has 1 aliphatic rings. The van der Waals surface area contributed by atoms with Crippen LogP contribution >= 0.6 is 11.6 Å². The molecule has 2 amide bonds. The third-order valence-electron chi connectivity index (χ3n) is 3.53. The first kappa shape index (κ1) is 13.9. The first-order valence-corrected chi connectivity index (χ1v) is 6.68. The number of nitrogens with zero attached hydrogens (tertiary/aromatic N) is 1. The standard InChI is InChI=1S/C14H17ClN2O2/c1-9-4-3-5-11(15)12(9)14(19)17-7-6-10(8-17)13(18)16-2/h3-5,10H,6-8H2,1-2H3,(H,16,18). The maximum Gasteiger partial charge on any atom is 0.255 e. The van der Waals surface area contributed by atoms with Gasteiger partial charge in [-0.1, -0.05) is 23.7 Å². The number of halogens is 1. The first-order chi connectivity index (χ1) is 9.04. The quantitative estimate of drug-likeness (QED) is 0.899. The molecule has 19 heavy (non-hydrogen) atoms. The van der Waals surface area contributed by atoms with Gasteiger partial charge in [-0.2, -0.15) is 0 Å². The van der Waals surface area contributed by atoms with Crippen molar-refractivity contribution < 1.29 is 9.59 Å². The van der Waals surface area contributed by atoms with Gasteiger partial charge in [-0.05, 0) is 25.0 Å². The number of carbonyl (C=O) groups is 2. The second-order valence-electron chi connectivity index (χ2n) is 4.78. The molecule has 1 aromatic carbocycles. The Labute approximate surface area is 117 Å². The van der Waals surface area contributed by atoms with E-state index >= 15 is 0 Å². The van der Waals surface area contributed by atoms with Crippen LogP contribution in [0.1, 0.15) is 22.3 Å². The highest BCUT2D eigenvalue weighted by Gasteiger charge is 2.32. The molecule has 5 heteroatoms. The summed E-state index contributed by atoms with van der Waals surface area (Å²) in [6, 6.07) is 5.41. The monoisotopic (exact) mass is 280 g/mol. The van der Waals surface area contributed by atoms with Crippen LogP contribution in [0.3, 0.4) is 0 Å². The molecule has 1 fully saturated rings. The zero-order valence-corrected chi connectivity index (χ0v) is 11.8. The number of carbonyl (C=O) groups excluding carboxylic acids is 2. The number of nitrogens with one attached hydrogen (secondary N) is 1. The predicted octanol–water partition coefficient (Wildman–Crippen LogP) is 1.86. The molecule has 4 nitrogen and oxygen atoms in total. The van der Waals surface area contributed by atoms with Gasteiger partial charge in [0.25, 0.3) is 5.91 Å². The predicted molar refractivity (Wildman–Crippen MR) is 74.3 cm³/mol. The van der Waals surface area contributed by atoms with Crippen molar-refractivity contribution in [3.63, 3.8) is 0 Å². The highest BCUT2D eigenvalue weighted by molar-refractivity contribution is 6.34. The van der Waals surface area contributed by atoms with Crippen LogP contribution in [-0.4, -0.2) is 36.9 Å². The lowest BCUT2D eigenvalue weighted by atomic mass is 10.1. The molecule has 0 spiro atoms. The fourth-order valence-corrected chi connectivity index (χ4v) is 2.73. The molecule has 1 atom stereocenters. The van der Waals surface area contributed by atoms with E-state index in [9.17, 15) is 9.59 Å². The Morgan fingerprint density at radius 1 is 1.42 bits per heavy atom. The van der Waals surface area contributed by atoms with E-state index in [1.807, 2.05) is 19.1 Å². The van der Waals surface area contributed by atoms with Gasteiger partial charge < -0.3 is 10.2 Å². The molecule has 102 valence electrons. The SMILES string of the molecule is CNC(=O)C1CCN(C(=O)c2c(C)cccc2Cl)C1. The molecule has 1 aromatic rings. The average Bonchev–Trinajstić information content (AvgIpc) is 2.87. The minimum Gasteiger partial charge on any atom is -0.359 e. The number of hydrogen-bond acceptors (Lipinski definition) is 2. The lowest BCUT2D eigenvalue weighted by molar-refractivity contribution is -0.124. The topological polar surface area (TPSA) is 49.4 Å². The van der Waals surface area contributed by atoms with Crippen LogP contribution in [0.15, 0.2) is 18.2 Å². The average molecular weight is 281 g/mol. The van der Waals surface area contributed by atoms with Crippen LogP contribution in [0.2, 0.25) is 5.02 Å². The smallest absolute Gasteiger partial charge is 0.255 e. The van der Waals surface area contributed by atoms with Gasteiger partial charge in [-0.3, -0.25) is 9.59 Å². The third-order valence-corrected chi connectivity index (χ3v) is 3.84. The van der Waals surface area contributed by atoms with E-state index in [1.54, 1.807) is 18.0 Å². The van der Waals surface area contributed by atoms with Gasteiger partial charge in [0.05, 0.1) is 16.5 Å². The van der Waals surface area contributed by atoms with E-state index in [-0.39, 0.29) is 17.7 Å². The minimum absolute atomic E-state index is 0.00817. The Morgan fingerprint density at radius 3 is 2.79 bits per heavy atom. The summed E-state index contributed by atoms with van der Waals surface area (Å²) in [6.07, 6.45) is 0.703. The van der Waals surface area contributed by atoms with E-state index < -0.39 is 0 Å². The number of amides is 2. The van der Waals surface area contributed by atoms with Crippen LogP contribution in [0, 0.1) is 12.8 Å². The molecular formula is C14H17ClN2O2. The van der Waals surface area contributed by atoms with Crippen LogP contribution in [0.5, 0.6) is 0 Å². The van der Waals surface area contributed by atoms with Crippen LogP contribution in [0.25, 0.3) is 0 Å². The van der Waals surface area contributed by atoms with E-state index in [0.29, 0.717) is 30.1 Å². The summed E-state index contributed by atoms with van der Waals surface area (Å²) in [5.74, 6) is -0.211. The van der Waals surface area contributed by atoms with Gasteiger partial charge in [0.1, 0.15) is 0 Å². The zero-order valence-electron chi connectivity index (χ0n) is 11.1. The summed E-state index contributed by atoms with van der Waals surface area (Å²) >= 11 is 6.10. The largest absolute Gasteiger partial charge is 0.359 e. The van der Waals surface area contributed by atoms with Crippen LogP contribution in [0.4, 0.5) is 0 Å². The lowest BCUT2D eigenvalue weighted by Gasteiger charge is -2.18. The Balaban J connectivity index is 2.16. The third kappa shape index (κ3) is 2.73. The normalized spacial score (nSPS) is 18.5. The second kappa shape index (κ2) is 5.61. The van der Waals surface area contributed by atoms with Crippen molar-refractivity contribution in [1.82, 2.24) is 10.2 Å². The van der Waals surface area contributed by atoms with Crippen molar-refractivity contribution in [2.45, 2.75) is 13.3 Å². The molecule has 0 aliphatic carbocycles. The molecule has 1 unspecified atom stereocenters. The maximum absolute atomic E-state index is 12.5. The van der Waals surface area contributed by atoms with Crippen LogP contribution < -0.4 is 5.32 Å². The molecule has 0 bridgehead atoms. The highest BCUT2D eigenvalue weighted by Crippen LogP contribution is 2.25. The van der Waals surface area contributed by atoms with Gasteiger partial charge in [0.15, 0.2) is 0 Å². The van der Waals surface area contributed by atoms with Crippen LogP contribution in [-0.2, 0) is 4.79 Å². The fraction of sp³-hybridized carbons (Fsp3) is 0.429. The number of likely N-dealkylation sites (tertiary alicyclic amines) is 1. The number of hydrogen-bond donors (Lipinski definition) is 1.